The Morgan fingerprint density at radius 2 is 2.11 bits per heavy atom. The molecule has 0 aliphatic rings. The number of halogens is 1. The zero-order valence-electron chi connectivity index (χ0n) is 10.1. The van der Waals surface area contributed by atoms with Crippen molar-refractivity contribution in [3.8, 4) is 5.75 Å². The molecule has 0 atom stereocenters. The van der Waals surface area contributed by atoms with Crippen LogP contribution in [0.3, 0.4) is 0 Å². The molecule has 1 aromatic carbocycles. The predicted molar refractivity (Wildman–Crippen MR) is 67.0 cm³/mol. The van der Waals surface area contributed by atoms with Gasteiger partial charge in [0.15, 0.2) is 0 Å². The van der Waals surface area contributed by atoms with E-state index in [2.05, 4.69) is 0 Å². The molecule has 5 nitrogen and oxygen atoms in total. The van der Waals surface area contributed by atoms with Crippen LogP contribution in [0.5, 0.6) is 5.75 Å². The highest BCUT2D eigenvalue weighted by molar-refractivity contribution is 6.31. The third-order valence-electron chi connectivity index (χ3n) is 2.42. The lowest BCUT2D eigenvalue weighted by atomic mass is 10.1. The van der Waals surface area contributed by atoms with Crippen LogP contribution in [-0.2, 0) is 16.0 Å². The molecule has 18 heavy (non-hydrogen) atoms. The molecule has 0 saturated carbocycles. The maximum atomic E-state index is 11.8. The van der Waals surface area contributed by atoms with Crippen LogP contribution in [0.25, 0.3) is 0 Å². The smallest absolute Gasteiger partial charge is 0.323 e. The van der Waals surface area contributed by atoms with Crippen molar-refractivity contribution in [2.75, 3.05) is 20.7 Å². The summed E-state index contributed by atoms with van der Waals surface area (Å²) >= 11 is 6.00. The van der Waals surface area contributed by atoms with Crippen LogP contribution in [0.15, 0.2) is 18.2 Å². The van der Waals surface area contributed by atoms with Gasteiger partial charge in [0.1, 0.15) is 12.3 Å². The van der Waals surface area contributed by atoms with E-state index >= 15 is 0 Å². The zero-order chi connectivity index (χ0) is 13.7. The van der Waals surface area contributed by atoms with E-state index in [0.717, 1.165) is 4.90 Å². The van der Waals surface area contributed by atoms with Gasteiger partial charge < -0.3 is 14.7 Å². The fourth-order valence-corrected chi connectivity index (χ4v) is 1.71. The van der Waals surface area contributed by atoms with E-state index in [1.54, 1.807) is 18.2 Å². The highest BCUT2D eigenvalue weighted by atomic mass is 35.5. The third-order valence-corrected chi connectivity index (χ3v) is 2.78. The molecule has 98 valence electrons. The highest BCUT2D eigenvalue weighted by Crippen LogP contribution is 2.26. The van der Waals surface area contributed by atoms with Crippen LogP contribution < -0.4 is 4.74 Å². The quantitative estimate of drug-likeness (QED) is 0.880. The first-order valence-corrected chi connectivity index (χ1v) is 5.60. The van der Waals surface area contributed by atoms with Crippen molar-refractivity contribution >= 4 is 23.5 Å². The van der Waals surface area contributed by atoms with Crippen LogP contribution in [-0.4, -0.2) is 42.6 Å². The van der Waals surface area contributed by atoms with E-state index in [9.17, 15) is 9.59 Å². The van der Waals surface area contributed by atoms with Crippen LogP contribution in [0.4, 0.5) is 0 Å². The number of hydrogen-bond donors (Lipinski definition) is 1. The van der Waals surface area contributed by atoms with Crippen LogP contribution in [0.1, 0.15) is 5.56 Å². The van der Waals surface area contributed by atoms with Gasteiger partial charge in [-0.3, -0.25) is 9.59 Å². The Morgan fingerprint density at radius 3 is 2.67 bits per heavy atom. The van der Waals surface area contributed by atoms with Gasteiger partial charge in [-0.15, -0.1) is 0 Å². The van der Waals surface area contributed by atoms with Gasteiger partial charge >= 0.3 is 5.97 Å². The van der Waals surface area contributed by atoms with Gasteiger partial charge in [-0.05, 0) is 12.1 Å². The Bertz CT molecular complexity index is 461. The molecule has 1 N–H and O–H groups in total. The van der Waals surface area contributed by atoms with Crippen molar-refractivity contribution in [2.24, 2.45) is 0 Å². The van der Waals surface area contributed by atoms with Gasteiger partial charge in [-0.2, -0.15) is 0 Å². The van der Waals surface area contributed by atoms with Crippen LogP contribution in [0, 0.1) is 0 Å². The van der Waals surface area contributed by atoms with E-state index in [0.29, 0.717) is 16.3 Å². The Labute approximate surface area is 110 Å². The molecule has 0 heterocycles. The minimum absolute atomic E-state index is 0.00657. The molecule has 0 unspecified atom stereocenters. The summed E-state index contributed by atoms with van der Waals surface area (Å²) in [4.78, 5) is 23.5. The van der Waals surface area contributed by atoms with Gasteiger partial charge in [0.05, 0.1) is 13.5 Å². The number of carboxylic acids is 1. The first-order chi connectivity index (χ1) is 8.45. The molecule has 0 radical (unpaired) electrons. The number of methoxy groups -OCH3 is 1. The van der Waals surface area contributed by atoms with Crippen molar-refractivity contribution in [3.05, 3.63) is 28.8 Å². The Balaban J connectivity index is 2.84. The lowest BCUT2D eigenvalue weighted by Crippen LogP contribution is -2.33. The Morgan fingerprint density at radius 1 is 1.44 bits per heavy atom. The fourth-order valence-electron chi connectivity index (χ4n) is 1.48. The predicted octanol–water partition coefficient (Wildman–Crippen LogP) is 1.43. The summed E-state index contributed by atoms with van der Waals surface area (Å²) in [6, 6.07) is 5.08. The summed E-state index contributed by atoms with van der Waals surface area (Å²) in [6.45, 7) is -0.342. The largest absolute Gasteiger partial charge is 0.496 e. The summed E-state index contributed by atoms with van der Waals surface area (Å²) in [5, 5.41) is 9.03. The lowest BCUT2D eigenvalue weighted by Gasteiger charge is -2.16. The molecule has 0 aliphatic heterocycles. The number of carboxylic acid groups (broad SMARTS) is 1. The average Bonchev–Trinajstić information content (AvgIpc) is 2.30. The number of carbonyl (C=O) groups is 2. The van der Waals surface area contributed by atoms with E-state index in [4.69, 9.17) is 21.4 Å². The van der Waals surface area contributed by atoms with Gasteiger partial charge in [0, 0.05) is 17.6 Å². The van der Waals surface area contributed by atoms with E-state index in [-0.39, 0.29) is 18.9 Å². The van der Waals surface area contributed by atoms with Gasteiger partial charge in [-0.1, -0.05) is 17.7 Å². The molecule has 1 rings (SSSR count). The van der Waals surface area contributed by atoms with E-state index < -0.39 is 5.97 Å². The number of benzene rings is 1. The van der Waals surface area contributed by atoms with Gasteiger partial charge in [0.2, 0.25) is 5.91 Å². The average molecular weight is 272 g/mol. The van der Waals surface area contributed by atoms with E-state index in [1.807, 2.05) is 0 Å². The number of amides is 1. The van der Waals surface area contributed by atoms with Crippen molar-refractivity contribution in [1.29, 1.82) is 0 Å². The normalized spacial score (nSPS) is 9.94. The third kappa shape index (κ3) is 3.63. The molecule has 0 aromatic heterocycles. The summed E-state index contributed by atoms with van der Waals surface area (Å²) in [6.07, 6.45) is 0.00657. The first-order valence-electron chi connectivity index (χ1n) is 5.22. The number of ether oxygens (including phenoxy) is 1. The number of carbonyl (C=O) groups excluding carboxylic acids is 1. The molecule has 6 heteroatoms. The number of rotatable bonds is 5. The molecule has 0 saturated heterocycles. The maximum absolute atomic E-state index is 11.8. The molecular formula is C12H14ClNO4. The minimum atomic E-state index is -1.06. The van der Waals surface area contributed by atoms with E-state index in [1.165, 1.54) is 14.2 Å². The summed E-state index contributed by atoms with van der Waals surface area (Å²) < 4.78 is 5.12. The summed E-state index contributed by atoms with van der Waals surface area (Å²) in [7, 11) is 2.92. The fraction of sp³-hybridized carbons (Fsp3) is 0.333. The van der Waals surface area contributed by atoms with Crippen LogP contribution in [0.2, 0.25) is 5.02 Å². The number of hydrogen-bond acceptors (Lipinski definition) is 3. The number of likely N-dealkylation sites (N-methyl/N-ethyl adjacent to an activating group) is 1. The SMILES string of the molecule is COc1cccc(Cl)c1CC(=O)N(C)CC(=O)O. The second-order valence-corrected chi connectivity index (χ2v) is 4.15. The minimum Gasteiger partial charge on any atom is -0.496 e. The highest BCUT2D eigenvalue weighted by Gasteiger charge is 2.17. The molecule has 0 spiro atoms. The standard InChI is InChI=1S/C12H14ClNO4/c1-14(7-12(16)17)11(15)6-8-9(13)4-3-5-10(8)18-2/h3-5H,6-7H2,1-2H3,(H,16,17). The Hall–Kier alpha value is -1.75. The van der Waals surface area contributed by atoms with Crippen molar-refractivity contribution < 1.29 is 19.4 Å². The van der Waals surface area contributed by atoms with Crippen molar-refractivity contribution in [1.82, 2.24) is 4.90 Å². The summed E-state index contributed by atoms with van der Waals surface area (Å²) in [5.74, 6) is -0.875. The second-order valence-electron chi connectivity index (χ2n) is 3.74. The lowest BCUT2D eigenvalue weighted by molar-refractivity contribution is -0.143. The molecule has 0 aliphatic carbocycles. The number of aliphatic carboxylic acids is 1. The first kappa shape index (κ1) is 14.3. The van der Waals surface area contributed by atoms with Crippen molar-refractivity contribution in [2.45, 2.75) is 6.42 Å². The molecule has 0 fully saturated rings. The zero-order valence-corrected chi connectivity index (χ0v) is 10.9. The molecule has 1 aromatic rings. The second kappa shape index (κ2) is 6.26. The number of nitrogens with zero attached hydrogens (tertiary/aromatic N) is 1. The molecule has 0 bridgehead atoms. The van der Waals surface area contributed by atoms with Crippen molar-refractivity contribution in [3.63, 3.8) is 0 Å². The topological polar surface area (TPSA) is 66.8 Å². The maximum Gasteiger partial charge on any atom is 0.323 e. The van der Waals surface area contributed by atoms with Crippen LogP contribution >= 0.6 is 11.6 Å². The monoisotopic (exact) mass is 271 g/mol. The molecular weight excluding hydrogens is 258 g/mol. The van der Waals surface area contributed by atoms with Gasteiger partial charge in [0.25, 0.3) is 0 Å². The van der Waals surface area contributed by atoms with Gasteiger partial charge in [-0.25, -0.2) is 0 Å². The molecule has 1 amide bonds. The summed E-state index contributed by atoms with van der Waals surface area (Å²) in [5.41, 5.74) is 0.559. The Kier molecular flexibility index (Phi) is 4.97.